The molecule has 120 valence electrons. The fourth-order valence-electron chi connectivity index (χ4n) is 3.70. The highest BCUT2D eigenvalue weighted by Crippen LogP contribution is 2.32. The third kappa shape index (κ3) is 4.01. The lowest BCUT2D eigenvalue weighted by Gasteiger charge is -2.28. The van der Waals surface area contributed by atoms with Gasteiger partial charge in [-0.15, -0.1) is 0 Å². The quantitative estimate of drug-likeness (QED) is 0.847. The smallest absolute Gasteiger partial charge is 0.224 e. The van der Waals surface area contributed by atoms with Crippen molar-refractivity contribution in [1.29, 1.82) is 0 Å². The van der Waals surface area contributed by atoms with Gasteiger partial charge >= 0.3 is 0 Å². The Morgan fingerprint density at radius 2 is 2.09 bits per heavy atom. The molecule has 2 aliphatic rings. The predicted octanol–water partition coefficient (Wildman–Crippen LogP) is 3.33. The summed E-state index contributed by atoms with van der Waals surface area (Å²) in [7, 11) is 0. The highest BCUT2D eigenvalue weighted by atomic mass is 16.5. The Kier molecular flexibility index (Phi) is 4.98. The molecule has 0 aromatic heterocycles. The molecular formula is C18H26N2O2. The Balaban J connectivity index is 1.51. The maximum absolute atomic E-state index is 12.3. The van der Waals surface area contributed by atoms with Gasteiger partial charge in [0.1, 0.15) is 5.75 Å². The van der Waals surface area contributed by atoms with Gasteiger partial charge in [0.25, 0.3) is 0 Å². The van der Waals surface area contributed by atoms with E-state index >= 15 is 0 Å². The monoisotopic (exact) mass is 302 g/mol. The number of carbonyl (C=O) groups is 1. The Labute approximate surface area is 132 Å². The van der Waals surface area contributed by atoms with E-state index in [0.717, 1.165) is 30.7 Å². The van der Waals surface area contributed by atoms with Crippen molar-refractivity contribution in [3.63, 3.8) is 0 Å². The van der Waals surface area contributed by atoms with Gasteiger partial charge in [-0.3, -0.25) is 4.79 Å². The molecule has 2 aliphatic heterocycles. The standard InChI is InChI=1S/C18H26N2O2/c1-2-8-22-17-5-3-4-14(12-17)20-18(21)11-13-9-15-6-7-16(10-13)19-15/h3-5,12-13,15-16,19H,2,6-11H2,1H3,(H,20,21). The number of nitrogens with one attached hydrogen (secondary N) is 2. The van der Waals surface area contributed by atoms with E-state index in [1.807, 2.05) is 24.3 Å². The normalized spacial score (nSPS) is 26.7. The van der Waals surface area contributed by atoms with Gasteiger partial charge in [-0.2, -0.15) is 0 Å². The first kappa shape index (κ1) is 15.3. The second-order valence-electron chi connectivity index (χ2n) is 6.60. The number of fused-ring (bicyclic) bond motifs is 2. The zero-order valence-electron chi connectivity index (χ0n) is 13.3. The molecule has 4 nitrogen and oxygen atoms in total. The number of ether oxygens (including phenoxy) is 1. The van der Waals surface area contributed by atoms with Gasteiger partial charge in [0.2, 0.25) is 5.91 Å². The molecule has 0 spiro atoms. The van der Waals surface area contributed by atoms with Crippen LogP contribution in [0, 0.1) is 5.92 Å². The van der Waals surface area contributed by atoms with E-state index in [1.54, 1.807) is 0 Å². The van der Waals surface area contributed by atoms with Crippen LogP contribution >= 0.6 is 0 Å². The first-order valence-electron chi connectivity index (χ1n) is 8.51. The summed E-state index contributed by atoms with van der Waals surface area (Å²) in [6.45, 7) is 2.78. The molecule has 4 heteroatoms. The first-order valence-corrected chi connectivity index (χ1v) is 8.51. The van der Waals surface area contributed by atoms with Crippen molar-refractivity contribution in [1.82, 2.24) is 5.32 Å². The summed E-state index contributed by atoms with van der Waals surface area (Å²) >= 11 is 0. The van der Waals surface area contributed by atoms with Crippen LogP contribution in [0.4, 0.5) is 5.69 Å². The summed E-state index contributed by atoms with van der Waals surface area (Å²) in [5, 5.41) is 6.64. The summed E-state index contributed by atoms with van der Waals surface area (Å²) in [6.07, 6.45) is 6.45. The number of piperidine rings is 1. The molecule has 0 aliphatic carbocycles. The topological polar surface area (TPSA) is 50.4 Å². The van der Waals surface area contributed by atoms with Crippen LogP contribution in [0.15, 0.2) is 24.3 Å². The number of carbonyl (C=O) groups excluding carboxylic acids is 1. The Morgan fingerprint density at radius 1 is 1.32 bits per heavy atom. The fourth-order valence-corrected chi connectivity index (χ4v) is 3.70. The number of anilines is 1. The summed E-state index contributed by atoms with van der Waals surface area (Å²) < 4.78 is 5.60. The molecular weight excluding hydrogens is 276 g/mol. The van der Waals surface area contributed by atoms with Crippen LogP contribution in [0.25, 0.3) is 0 Å². The van der Waals surface area contributed by atoms with Crippen molar-refractivity contribution in [2.24, 2.45) is 5.92 Å². The molecule has 2 atom stereocenters. The summed E-state index contributed by atoms with van der Waals surface area (Å²) in [5.41, 5.74) is 0.829. The second-order valence-corrected chi connectivity index (χ2v) is 6.60. The maximum atomic E-state index is 12.3. The molecule has 1 amide bonds. The van der Waals surface area contributed by atoms with E-state index in [1.165, 1.54) is 12.8 Å². The van der Waals surface area contributed by atoms with Crippen molar-refractivity contribution in [3.8, 4) is 5.75 Å². The van der Waals surface area contributed by atoms with Gasteiger partial charge in [-0.1, -0.05) is 13.0 Å². The van der Waals surface area contributed by atoms with Crippen molar-refractivity contribution >= 4 is 11.6 Å². The van der Waals surface area contributed by atoms with Crippen LogP contribution in [0.3, 0.4) is 0 Å². The second kappa shape index (κ2) is 7.14. The fraction of sp³-hybridized carbons (Fsp3) is 0.611. The summed E-state index contributed by atoms with van der Waals surface area (Å²) in [4.78, 5) is 12.3. The molecule has 2 heterocycles. The van der Waals surface area contributed by atoms with Gasteiger partial charge in [0.15, 0.2) is 0 Å². The molecule has 0 radical (unpaired) electrons. The molecule has 2 fully saturated rings. The number of hydrogen-bond donors (Lipinski definition) is 2. The van der Waals surface area contributed by atoms with Gasteiger partial charge in [-0.05, 0) is 50.2 Å². The van der Waals surface area contributed by atoms with Gasteiger partial charge in [-0.25, -0.2) is 0 Å². The predicted molar refractivity (Wildman–Crippen MR) is 88.1 cm³/mol. The lowest BCUT2D eigenvalue weighted by atomic mass is 9.89. The molecule has 2 N–H and O–H groups in total. The SMILES string of the molecule is CCCOc1cccc(NC(=O)CC2CC3CCC(C2)N3)c1. The van der Waals surface area contributed by atoms with Gasteiger partial charge in [0, 0.05) is 30.3 Å². The summed E-state index contributed by atoms with van der Waals surface area (Å²) in [5.74, 6) is 1.47. The van der Waals surface area contributed by atoms with Crippen LogP contribution in [0.5, 0.6) is 5.75 Å². The third-order valence-electron chi connectivity index (χ3n) is 4.64. The van der Waals surface area contributed by atoms with E-state index in [2.05, 4.69) is 17.6 Å². The average molecular weight is 302 g/mol. The lowest BCUT2D eigenvalue weighted by molar-refractivity contribution is -0.117. The minimum Gasteiger partial charge on any atom is -0.494 e. The van der Waals surface area contributed by atoms with E-state index in [0.29, 0.717) is 31.0 Å². The van der Waals surface area contributed by atoms with E-state index in [9.17, 15) is 4.79 Å². The summed E-state index contributed by atoms with van der Waals surface area (Å²) in [6, 6.07) is 8.95. The minimum atomic E-state index is 0.124. The van der Waals surface area contributed by atoms with Crippen LogP contribution in [-0.2, 0) is 4.79 Å². The first-order chi connectivity index (χ1) is 10.7. The van der Waals surface area contributed by atoms with Gasteiger partial charge < -0.3 is 15.4 Å². The molecule has 1 aromatic rings. The molecule has 2 saturated heterocycles. The van der Waals surface area contributed by atoms with Crippen molar-refractivity contribution in [2.45, 2.75) is 57.5 Å². The Hall–Kier alpha value is -1.55. The number of benzene rings is 1. The van der Waals surface area contributed by atoms with Crippen molar-refractivity contribution in [2.75, 3.05) is 11.9 Å². The molecule has 3 rings (SSSR count). The molecule has 2 unspecified atom stereocenters. The molecule has 0 saturated carbocycles. The third-order valence-corrected chi connectivity index (χ3v) is 4.64. The highest BCUT2D eigenvalue weighted by molar-refractivity contribution is 5.91. The van der Waals surface area contributed by atoms with E-state index in [-0.39, 0.29) is 5.91 Å². The molecule has 22 heavy (non-hydrogen) atoms. The van der Waals surface area contributed by atoms with E-state index in [4.69, 9.17) is 4.74 Å². The number of rotatable bonds is 6. The largest absolute Gasteiger partial charge is 0.494 e. The minimum absolute atomic E-state index is 0.124. The average Bonchev–Trinajstić information content (AvgIpc) is 2.84. The number of amides is 1. The Bertz CT molecular complexity index is 506. The van der Waals surface area contributed by atoms with Crippen LogP contribution in [0.1, 0.15) is 45.4 Å². The maximum Gasteiger partial charge on any atom is 0.224 e. The lowest BCUT2D eigenvalue weighted by Crippen LogP contribution is -2.39. The van der Waals surface area contributed by atoms with Crippen LogP contribution in [-0.4, -0.2) is 24.6 Å². The highest BCUT2D eigenvalue weighted by Gasteiger charge is 2.34. The Morgan fingerprint density at radius 3 is 2.82 bits per heavy atom. The molecule has 2 bridgehead atoms. The van der Waals surface area contributed by atoms with Crippen LogP contribution < -0.4 is 15.4 Å². The van der Waals surface area contributed by atoms with Crippen LogP contribution in [0.2, 0.25) is 0 Å². The van der Waals surface area contributed by atoms with Crippen molar-refractivity contribution < 1.29 is 9.53 Å². The molecule has 1 aromatic carbocycles. The number of hydrogen-bond acceptors (Lipinski definition) is 3. The zero-order valence-corrected chi connectivity index (χ0v) is 13.3. The van der Waals surface area contributed by atoms with Gasteiger partial charge in [0.05, 0.1) is 6.61 Å². The zero-order chi connectivity index (χ0) is 15.4. The van der Waals surface area contributed by atoms with Crippen molar-refractivity contribution in [3.05, 3.63) is 24.3 Å². The van der Waals surface area contributed by atoms with E-state index < -0.39 is 0 Å².